The summed E-state index contributed by atoms with van der Waals surface area (Å²) in [6, 6.07) is 19.6. The van der Waals surface area contributed by atoms with Gasteiger partial charge in [-0.3, -0.25) is 9.59 Å². The van der Waals surface area contributed by atoms with Crippen LogP contribution >= 0.6 is 0 Å². The van der Waals surface area contributed by atoms with Gasteiger partial charge in [-0.25, -0.2) is 14.4 Å². The molecular formula is C25H20FN5O3. The molecule has 9 heteroatoms. The number of aromatic nitrogens is 2. The highest BCUT2D eigenvalue weighted by atomic mass is 19.1. The van der Waals surface area contributed by atoms with E-state index in [0.29, 0.717) is 28.5 Å². The SMILES string of the molecule is CC(=O)Nc1cc(Oc2ccc(Nc3ncccc3C(=O)Nc3ccccc3)cc2F)ccn1. The Kier molecular flexibility index (Phi) is 6.73. The Bertz CT molecular complexity index is 1330. The molecule has 0 aliphatic rings. The summed E-state index contributed by atoms with van der Waals surface area (Å²) in [5.74, 6) is -0.406. The van der Waals surface area contributed by atoms with Crippen LogP contribution in [0.3, 0.4) is 0 Å². The largest absolute Gasteiger partial charge is 0.454 e. The quantitative estimate of drug-likeness (QED) is 0.345. The summed E-state index contributed by atoms with van der Waals surface area (Å²) >= 11 is 0. The Morgan fingerprint density at radius 1 is 0.853 bits per heavy atom. The minimum atomic E-state index is -0.630. The van der Waals surface area contributed by atoms with Crippen LogP contribution < -0.4 is 20.7 Å². The molecular weight excluding hydrogens is 437 g/mol. The number of carbonyl (C=O) groups is 2. The fourth-order valence-corrected chi connectivity index (χ4v) is 3.06. The monoisotopic (exact) mass is 457 g/mol. The molecule has 0 fully saturated rings. The fourth-order valence-electron chi connectivity index (χ4n) is 3.06. The van der Waals surface area contributed by atoms with E-state index in [1.54, 1.807) is 36.4 Å². The number of nitrogens with one attached hydrogen (secondary N) is 3. The summed E-state index contributed by atoms with van der Waals surface area (Å²) in [7, 11) is 0. The minimum absolute atomic E-state index is 0.0198. The first-order chi connectivity index (χ1) is 16.5. The third-order valence-corrected chi connectivity index (χ3v) is 4.54. The number of anilines is 4. The van der Waals surface area contributed by atoms with Crippen LogP contribution in [0.25, 0.3) is 0 Å². The third kappa shape index (κ3) is 5.71. The molecule has 2 aromatic carbocycles. The van der Waals surface area contributed by atoms with Crippen molar-refractivity contribution >= 4 is 34.8 Å². The molecule has 34 heavy (non-hydrogen) atoms. The van der Waals surface area contributed by atoms with Crippen molar-refractivity contribution in [2.24, 2.45) is 0 Å². The van der Waals surface area contributed by atoms with Crippen molar-refractivity contribution in [1.82, 2.24) is 9.97 Å². The predicted octanol–water partition coefficient (Wildman–Crippen LogP) is 5.36. The van der Waals surface area contributed by atoms with Gasteiger partial charge in [0, 0.05) is 42.8 Å². The van der Waals surface area contributed by atoms with E-state index in [0.717, 1.165) is 0 Å². The molecule has 170 valence electrons. The lowest BCUT2D eigenvalue weighted by Crippen LogP contribution is -2.14. The lowest BCUT2D eigenvalue weighted by Gasteiger charge is -2.13. The predicted molar refractivity (Wildman–Crippen MR) is 127 cm³/mol. The number of para-hydroxylation sites is 1. The van der Waals surface area contributed by atoms with Crippen LogP contribution in [0.4, 0.5) is 27.4 Å². The van der Waals surface area contributed by atoms with Gasteiger partial charge in [0.15, 0.2) is 11.6 Å². The van der Waals surface area contributed by atoms with E-state index in [2.05, 4.69) is 25.9 Å². The van der Waals surface area contributed by atoms with Crippen molar-refractivity contribution in [3.8, 4) is 11.5 Å². The zero-order valence-corrected chi connectivity index (χ0v) is 18.1. The average molecular weight is 457 g/mol. The number of halogens is 1. The van der Waals surface area contributed by atoms with Gasteiger partial charge in [-0.15, -0.1) is 0 Å². The maximum Gasteiger partial charge on any atom is 0.259 e. The van der Waals surface area contributed by atoms with E-state index in [9.17, 15) is 14.0 Å². The van der Waals surface area contributed by atoms with Crippen LogP contribution in [0.5, 0.6) is 11.5 Å². The van der Waals surface area contributed by atoms with Gasteiger partial charge >= 0.3 is 0 Å². The number of ether oxygens (including phenoxy) is 1. The molecule has 3 N–H and O–H groups in total. The molecule has 0 saturated heterocycles. The number of carbonyl (C=O) groups excluding carboxylic acids is 2. The van der Waals surface area contributed by atoms with E-state index in [4.69, 9.17) is 4.74 Å². The first kappa shape index (κ1) is 22.4. The van der Waals surface area contributed by atoms with Gasteiger partial charge in [0.1, 0.15) is 17.4 Å². The second-order valence-corrected chi connectivity index (χ2v) is 7.15. The topological polar surface area (TPSA) is 105 Å². The summed E-state index contributed by atoms with van der Waals surface area (Å²) in [5, 5.41) is 8.32. The number of amides is 2. The summed E-state index contributed by atoms with van der Waals surface area (Å²) in [5.41, 5.74) is 1.33. The Hall–Kier alpha value is -4.79. The summed E-state index contributed by atoms with van der Waals surface area (Å²) in [6.45, 7) is 1.36. The molecule has 0 spiro atoms. The molecule has 0 saturated carbocycles. The smallest absolute Gasteiger partial charge is 0.259 e. The number of rotatable bonds is 7. The van der Waals surface area contributed by atoms with E-state index >= 15 is 0 Å². The molecule has 0 atom stereocenters. The van der Waals surface area contributed by atoms with E-state index in [1.807, 2.05) is 18.2 Å². The zero-order chi connectivity index (χ0) is 23.9. The van der Waals surface area contributed by atoms with E-state index in [-0.39, 0.29) is 23.4 Å². The van der Waals surface area contributed by atoms with Gasteiger partial charge in [0.25, 0.3) is 5.91 Å². The van der Waals surface area contributed by atoms with Crippen molar-refractivity contribution in [3.63, 3.8) is 0 Å². The van der Waals surface area contributed by atoms with Crippen LogP contribution in [0.1, 0.15) is 17.3 Å². The summed E-state index contributed by atoms with van der Waals surface area (Å²) < 4.78 is 20.3. The Morgan fingerprint density at radius 3 is 2.44 bits per heavy atom. The molecule has 2 aromatic heterocycles. The Balaban J connectivity index is 1.49. The fraction of sp³-hybridized carbons (Fsp3) is 0.0400. The zero-order valence-electron chi connectivity index (χ0n) is 18.1. The number of nitrogens with zero attached hydrogens (tertiary/aromatic N) is 2. The van der Waals surface area contributed by atoms with Gasteiger partial charge in [0.05, 0.1) is 5.56 Å². The summed E-state index contributed by atoms with van der Waals surface area (Å²) in [4.78, 5) is 32.1. The molecule has 2 heterocycles. The van der Waals surface area contributed by atoms with Crippen molar-refractivity contribution < 1.29 is 18.7 Å². The lowest BCUT2D eigenvalue weighted by molar-refractivity contribution is -0.114. The van der Waals surface area contributed by atoms with E-state index in [1.165, 1.54) is 37.5 Å². The highest BCUT2D eigenvalue weighted by Crippen LogP contribution is 2.29. The van der Waals surface area contributed by atoms with Gasteiger partial charge in [-0.05, 0) is 42.5 Å². The molecule has 8 nitrogen and oxygen atoms in total. The lowest BCUT2D eigenvalue weighted by atomic mass is 10.2. The molecule has 2 amide bonds. The molecule has 4 rings (SSSR count). The van der Waals surface area contributed by atoms with E-state index < -0.39 is 5.82 Å². The standard InChI is InChI=1S/C25H20FN5O3/c1-16(32)29-23-15-19(11-13-27-23)34-22-10-9-18(14-21(22)26)30-24-20(8-5-12-28-24)25(33)31-17-6-3-2-4-7-17/h2-15H,1H3,(H,28,30)(H,31,33)(H,27,29,32). The molecule has 0 radical (unpaired) electrons. The normalized spacial score (nSPS) is 10.3. The van der Waals surface area contributed by atoms with Gasteiger partial charge in [-0.1, -0.05) is 18.2 Å². The molecule has 0 aliphatic carbocycles. The number of hydrogen-bond donors (Lipinski definition) is 3. The van der Waals surface area contributed by atoms with Crippen LogP contribution in [0.2, 0.25) is 0 Å². The molecule has 0 aliphatic heterocycles. The Morgan fingerprint density at radius 2 is 1.68 bits per heavy atom. The molecule has 4 aromatic rings. The first-order valence-corrected chi connectivity index (χ1v) is 10.3. The third-order valence-electron chi connectivity index (χ3n) is 4.54. The van der Waals surface area contributed by atoms with Crippen LogP contribution in [-0.2, 0) is 4.79 Å². The molecule has 0 bridgehead atoms. The average Bonchev–Trinajstić information content (AvgIpc) is 2.82. The second-order valence-electron chi connectivity index (χ2n) is 7.15. The van der Waals surface area contributed by atoms with Crippen LogP contribution in [0, 0.1) is 5.82 Å². The van der Waals surface area contributed by atoms with Crippen molar-refractivity contribution in [2.75, 3.05) is 16.0 Å². The maximum absolute atomic E-state index is 14.7. The van der Waals surface area contributed by atoms with Crippen molar-refractivity contribution in [1.29, 1.82) is 0 Å². The van der Waals surface area contributed by atoms with Crippen LogP contribution in [0.15, 0.2) is 85.2 Å². The van der Waals surface area contributed by atoms with Gasteiger partial charge in [0.2, 0.25) is 5.91 Å². The molecule has 0 unspecified atom stereocenters. The first-order valence-electron chi connectivity index (χ1n) is 10.3. The maximum atomic E-state index is 14.7. The van der Waals surface area contributed by atoms with Gasteiger partial charge < -0.3 is 20.7 Å². The number of pyridine rings is 2. The number of hydrogen-bond acceptors (Lipinski definition) is 6. The highest BCUT2D eigenvalue weighted by Gasteiger charge is 2.14. The second kappa shape index (κ2) is 10.2. The summed E-state index contributed by atoms with van der Waals surface area (Å²) in [6.07, 6.45) is 2.98. The minimum Gasteiger partial charge on any atom is -0.454 e. The number of benzene rings is 2. The van der Waals surface area contributed by atoms with Gasteiger partial charge in [-0.2, -0.15) is 0 Å². The van der Waals surface area contributed by atoms with Crippen molar-refractivity contribution in [3.05, 3.63) is 96.6 Å². The van der Waals surface area contributed by atoms with Crippen molar-refractivity contribution in [2.45, 2.75) is 6.92 Å². The van der Waals surface area contributed by atoms with Crippen LogP contribution in [-0.4, -0.2) is 21.8 Å². The Labute approximate surface area is 194 Å². The highest BCUT2D eigenvalue weighted by molar-refractivity contribution is 6.07.